The number of methoxy groups -OCH3 is 3. The van der Waals surface area contributed by atoms with Gasteiger partial charge in [-0.15, -0.1) is 11.3 Å². The molecule has 1 saturated heterocycles. The van der Waals surface area contributed by atoms with Gasteiger partial charge in [-0.2, -0.15) is 0 Å². The van der Waals surface area contributed by atoms with Gasteiger partial charge in [0, 0.05) is 36.9 Å². The first kappa shape index (κ1) is 27.4. The number of hydrogen-bond acceptors (Lipinski definition) is 8. The molecule has 0 aliphatic carbocycles. The van der Waals surface area contributed by atoms with E-state index >= 15 is 0 Å². The van der Waals surface area contributed by atoms with Crippen molar-refractivity contribution in [3.05, 3.63) is 58.0 Å². The minimum absolute atomic E-state index is 0.124. The van der Waals surface area contributed by atoms with Crippen LogP contribution in [0.5, 0.6) is 17.2 Å². The fourth-order valence-electron chi connectivity index (χ4n) is 5.36. The van der Waals surface area contributed by atoms with Crippen LogP contribution in [0, 0.1) is 0 Å². The number of carbonyl (C=O) groups excluding carboxylic acids is 3. The SMILES string of the molecule is COc1ccc(C(=O)N2CCC(c3nc(C(=O)N4c5ccccc5NC(=O)CC4C)cs3)CC2)c(OC)c1OC. The second kappa shape index (κ2) is 11.5. The zero-order valence-electron chi connectivity index (χ0n) is 22.9. The first-order valence-corrected chi connectivity index (χ1v) is 14.0. The number of carbonyl (C=O) groups is 3. The highest BCUT2D eigenvalue weighted by Gasteiger charge is 2.33. The predicted molar refractivity (Wildman–Crippen MR) is 152 cm³/mol. The van der Waals surface area contributed by atoms with E-state index in [1.807, 2.05) is 25.1 Å². The number of ether oxygens (including phenoxy) is 3. The summed E-state index contributed by atoms with van der Waals surface area (Å²) in [6.45, 7) is 2.97. The predicted octanol–water partition coefficient (Wildman–Crippen LogP) is 4.57. The Morgan fingerprint density at radius 1 is 0.975 bits per heavy atom. The molecule has 1 N–H and O–H groups in total. The van der Waals surface area contributed by atoms with E-state index < -0.39 is 0 Å². The number of benzene rings is 2. The van der Waals surface area contributed by atoms with Crippen molar-refractivity contribution in [1.29, 1.82) is 0 Å². The number of aromatic nitrogens is 1. The van der Waals surface area contributed by atoms with Gasteiger partial charge in [-0.3, -0.25) is 14.4 Å². The Bertz CT molecular complexity index is 1430. The van der Waals surface area contributed by atoms with Gasteiger partial charge in [-0.05, 0) is 44.0 Å². The topological polar surface area (TPSA) is 110 Å². The van der Waals surface area contributed by atoms with E-state index in [1.54, 1.807) is 33.4 Å². The fourth-order valence-corrected chi connectivity index (χ4v) is 6.33. The van der Waals surface area contributed by atoms with Crippen LogP contribution in [0.25, 0.3) is 0 Å². The maximum absolute atomic E-state index is 13.6. The molecule has 2 aliphatic heterocycles. The van der Waals surface area contributed by atoms with Crippen LogP contribution >= 0.6 is 11.3 Å². The number of anilines is 2. The summed E-state index contributed by atoms with van der Waals surface area (Å²) in [5, 5.41) is 5.56. The van der Waals surface area contributed by atoms with Gasteiger partial charge in [0.2, 0.25) is 11.7 Å². The molecule has 3 amide bonds. The lowest BCUT2D eigenvalue weighted by Gasteiger charge is -2.31. The number of thiazole rings is 1. The monoisotopic (exact) mass is 564 g/mol. The van der Waals surface area contributed by atoms with E-state index in [2.05, 4.69) is 5.32 Å². The van der Waals surface area contributed by atoms with Crippen molar-refractivity contribution in [2.75, 3.05) is 44.6 Å². The molecule has 2 aromatic carbocycles. The van der Waals surface area contributed by atoms with Gasteiger partial charge in [0.05, 0.1) is 43.3 Å². The molecular formula is C29H32N4O6S. The number of hydrogen-bond donors (Lipinski definition) is 1. The molecule has 3 heterocycles. The van der Waals surface area contributed by atoms with Crippen LogP contribution in [-0.2, 0) is 4.79 Å². The third-order valence-corrected chi connectivity index (χ3v) is 8.39. The Balaban J connectivity index is 1.29. The summed E-state index contributed by atoms with van der Waals surface area (Å²) in [5.41, 5.74) is 2.06. The summed E-state index contributed by atoms with van der Waals surface area (Å²) in [5.74, 6) is 0.867. The maximum Gasteiger partial charge on any atom is 0.278 e. The lowest BCUT2D eigenvalue weighted by atomic mass is 9.96. The van der Waals surface area contributed by atoms with Gasteiger partial charge in [0.1, 0.15) is 5.69 Å². The van der Waals surface area contributed by atoms with Crippen LogP contribution in [0.15, 0.2) is 41.8 Å². The van der Waals surface area contributed by atoms with Gasteiger partial charge >= 0.3 is 0 Å². The van der Waals surface area contributed by atoms with Gasteiger partial charge in [-0.1, -0.05) is 12.1 Å². The number of nitrogens with zero attached hydrogens (tertiary/aromatic N) is 3. The Kier molecular flexibility index (Phi) is 7.92. The second-order valence-electron chi connectivity index (χ2n) is 9.81. The normalized spacial score (nSPS) is 17.5. The van der Waals surface area contributed by atoms with Crippen LogP contribution < -0.4 is 24.4 Å². The Morgan fingerprint density at radius 2 is 1.70 bits per heavy atom. The van der Waals surface area contributed by atoms with Gasteiger partial charge in [0.25, 0.3) is 11.8 Å². The number of rotatable bonds is 6. The first-order chi connectivity index (χ1) is 19.4. The van der Waals surface area contributed by atoms with Crippen LogP contribution in [0.3, 0.4) is 0 Å². The third kappa shape index (κ3) is 5.08. The molecule has 1 unspecified atom stereocenters. The number of likely N-dealkylation sites (tertiary alicyclic amines) is 1. The van der Waals surface area contributed by atoms with E-state index in [4.69, 9.17) is 19.2 Å². The van der Waals surface area contributed by atoms with E-state index in [-0.39, 0.29) is 36.1 Å². The number of para-hydroxylation sites is 2. The van der Waals surface area contributed by atoms with E-state index in [9.17, 15) is 14.4 Å². The number of amides is 3. The highest BCUT2D eigenvalue weighted by Crippen LogP contribution is 2.41. The molecule has 40 heavy (non-hydrogen) atoms. The number of fused-ring (bicyclic) bond motifs is 1. The van der Waals surface area contributed by atoms with Crippen molar-refractivity contribution in [2.45, 2.75) is 38.1 Å². The highest BCUT2D eigenvalue weighted by molar-refractivity contribution is 7.10. The smallest absolute Gasteiger partial charge is 0.278 e. The van der Waals surface area contributed by atoms with E-state index in [0.717, 1.165) is 17.8 Å². The Hall–Kier alpha value is -4.12. The summed E-state index contributed by atoms with van der Waals surface area (Å²) in [7, 11) is 4.55. The molecule has 11 heteroatoms. The minimum Gasteiger partial charge on any atom is -0.493 e. The summed E-state index contributed by atoms with van der Waals surface area (Å²) in [6.07, 6.45) is 1.66. The zero-order valence-corrected chi connectivity index (χ0v) is 23.7. The van der Waals surface area contributed by atoms with Crippen molar-refractivity contribution in [2.24, 2.45) is 0 Å². The lowest BCUT2D eigenvalue weighted by Crippen LogP contribution is -2.39. The lowest BCUT2D eigenvalue weighted by molar-refractivity contribution is -0.116. The standard InChI is InChI=1S/C29H32N4O6S/c1-17-15-24(34)30-20-7-5-6-8-22(20)33(17)29(36)21-16-40-27(31-21)18-11-13-32(14-12-18)28(35)19-9-10-23(37-2)26(39-4)25(19)38-3/h5-10,16-18H,11-15H2,1-4H3,(H,30,34). The molecule has 0 spiro atoms. The first-order valence-electron chi connectivity index (χ1n) is 13.1. The van der Waals surface area contributed by atoms with Crippen LogP contribution in [0.1, 0.15) is 58.0 Å². The van der Waals surface area contributed by atoms with Gasteiger partial charge < -0.3 is 29.3 Å². The molecule has 10 nitrogen and oxygen atoms in total. The van der Waals surface area contributed by atoms with Crippen LogP contribution in [0.2, 0.25) is 0 Å². The number of piperidine rings is 1. The largest absolute Gasteiger partial charge is 0.493 e. The highest BCUT2D eigenvalue weighted by atomic mass is 32.1. The maximum atomic E-state index is 13.6. The average molecular weight is 565 g/mol. The second-order valence-corrected chi connectivity index (χ2v) is 10.7. The van der Waals surface area contributed by atoms with Crippen LogP contribution in [-0.4, -0.2) is 68.1 Å². The van der Waals surface area contributed by atoms with Crippen molar-refractivity contribution < 1.29 is 28.6 Å². The molecule has 0 saturated carbocycles. The average Bonchev–Trinajstić information content (AvgIpc) is 3.42. The molecule has 3 aromatic rings. The van der Waals surface area contributed by atoms with Crippen molar-refractivity contribution in [3.63, 3.8) is 0 Å². The molecule has 210 valence electrons. The molecule has 1 fully saturated rings. The molecule has 2 aliphatic rings. The summed E-state index contributed by atoms with van der Waals surface area (Å²) in [4.78, 5) is 47.5. The fraction of sp³-hybridized carbons (Fsp3) is 0.379. The Labute approximate surface area is 236 Å². The third-order valence-electron chi connectivity index (χ3n) is 7.39. The molecule has 0 radical (unpaired) electrons. The van der Waals surface area contributed by atoms with Gasteiger partial charge in [0.15, 0.2) is 11.5 Å². The van der Waals surface area contributed by atoms with Crippen LogP contribution in [0.4, 0.5) is 11.4 Å². The minimum atomic E-state index is -0.316. The summed E-state index contributed by atoms with van der Waals surface area (Å²) in [6, 6.07) is 10.4. The molecular weight excluding hydrogens is 532 g/mol. The summed E-state index contributed by atoms with van der Waals surface area (Å²) < 4.78 is 16.3. The van der Waals surface area contributed by atoms with E-state index in [1.165, 1.54) is 32.7 Å². The summed E-state index contributed by atoms with van der Waals surface area (Å²) >= 11 is 1.46. The molecule has 5 rings (SSSR count). The van der Waals surface area contributed by atoms with Crippen molar-refractivity contribution in [3.8, 4) is 17.2 Å². The van der Waals surface area contributed by atoms with E-state index in [0.29, 0.717) is 53.0 Å². The molecule has 1 aromatic heterocycles. The number of nitrogens with one attached hydrogen (secondary N) is 1. The molecule has 0 bridgehead atoms. The Morgan fingerprint density at radius 3 is 2.40 bits per heavy atom. The quantitative estimate of drug-likeness (QED) is 0.467. The van der Waals surface area contributed by atoms with Gasteiger partial charge in [-0.25, -0.2) is 4.98 Å². The zero-order chi connectivity index (χ0) is 28.4. The molecule has 1 atom stereocenters. The van der Waals surface area contributed by atoms with Crippen molar-refractivity contribution in [1.82, 2.24) is 9.88 Å². The van der Waals surface area contributed by atoms with Crippen molar-refractivity contribution >= 4 is 40.4 Å².